The molecule has 196 valence electrons. The largest absolute Gasteiger partial charge is 0.481 e. The minimum atomic E-state index is -0.899. The van der Waals surface area contributed by atoms with Gasteiger partial charge in [-0.3, -0.25) is 9.59 Å². The van der Waals surface area contributed by atoms with E-state index in [9.17, 15) is 9.59 Å². The second-order valence-electron chi connectivity index (χ2n) is 9.25. The minimum absolute atomic E-state index is 0.0865. The van der Waals surface area contributed by atoms with E-state index in [1.807, 2.05) is 0 Å². The highest BCUT2D eigenvalue weighted by molar-refractivity contribution is 5.71. The average molecular weight is 477 g/mol. The van der Waals surface area contributed by atoms with Crippen LogP contribution >= 0.6 is 0 Å². The van der Waals surface area contributed by atoms with Gasteiger partial charge in [0.1, 0.15) is 6.10 Å². The van der Waals surface area contributed by atoms with Gasteiger partial charge in [-0.05, 0) is 57.8 Å². The van der Waals surface area contributed by atoms with Crippen LogP contribution in [-0.4, -0.2) is 23.1 Å². The number of carbonyl (C=O) groups is 2. The summed E-state index contributed by atoms with van der Waals surface area (Å²) in [6, 6.07) is 0. The molecular formula is C30H52O4. The van der Waals surface area contributed by atoms with Crippen LogP contribution in [0.1, 0.15) is 136 Å². The zero-order chi connectivity index (χ0) is 25.1. The molecule has 0 saturated heterocycles. The Morgan fingerprint density at radius 2 is 1.18 bits per heavy atom. The number of rotatable bonds is 24. The van der Waals surface area contributed by atoms with Crippen molar-refractivity contribution in [3.63, 3.8) is 0 Å². The highest BCUT2D eigenvalue weighted by Gasteiger charge is 2.17. The summed E-state index contributed by atoms with van der Waals surface area (Å²) in [5, 5.41) is 9.07. The Labute approximate surface area is 209 Å². The average Bonchev–Trinajstić information content (AvgIpc) is 2.80. The normalized spacial score (nSPS) is 12.8. The molecule has 0 heterocycles. The summed E-state index contributed by atoms with van der Waals surface area (Å²) in [5.41, 5.74) is 0. The number of carboxylic acids is 1. The van der Waals surface area contributed by atoms with Gasteiger partial charge in [0.15, 0.2) is 0 Å². The molecule has 0 spiro atoms. The monoisotopic (exact) mass is 476 g/mol. The van der Waals surface area contributed by atoms with Crippen LogP contribution in [0.2, 0.25) is 0 Å². The Morgan fingerprint density at radius 1 is 0.676 bits per heavy atom. The number of carbonyl (C=O) groups excluding carboxylic acids is 1. The second kappa shape index (κ2) is 25.8. The van der Waals surface area contributed by atoms with E-state index in [4.69, 9.17) is 9.84 Å². The van der Waals surface area contributed by atoms with Crippen LogP contribution in [0.3, 0.4) is 0 Å². The number of hydrogen-bond acceptors (Lipinski definition) is 3. The maximum atomic E-state index is 12.1. The van der Waals surface area contributed by atoms with E-state index in [2.05, 4.69) is 50.3 Å². The summed E-state index contributed by atoms with van der Waals surface area (Å²) in [7, 11) is 0. The van der Waals surface area contributed by atoms with E-state index in [0.717, 1.165) is 64.2 Å². The molecular weight excluding hydrogens is 424 g/mol. The van der Waals surface area contributed by atoms with Crippen molar-refractivity contribution in [2.24, 2.45) is 0 Å². The lowest BCUT2D eigenvalue weighted by molar-refractivity contribution is -0.153. The third-order valence-electron chi connectivity index (χ3n) is 5.85. The molecule has 1 N–H and O–H groups in total. The maximum absolute atomic E-state index is 12.1. The zero-order valence-electron chi connectivity index (χ0n) is 22.1. The van der Waals surface area contributed by atoms with Gasteiger partial charge in [0.2, 0.25) is 0 Å². The van der Waals surface area contributed by atoms with Crippen molar-refractivity contribution in [3.05, 3.63) is 36.5 Å². The van der Waals surface area contributed by atoms with Gasteiger partial charge in [0.05, 0.1) is 6.42 Å². The smallest absolute Gasteiger partial charge is 0.307 e. The van der Waals surface area contributed by atoms with Gasteiger partial charge in [-0.2, -0.15) is 0 Å². The van der Waals surface area contributed by atoms with Crippen LogP contribution in [-0.2, 0) is 14.3 Å². The first-order chi connectivity index (χ1) is 16.6. The standard InChI is InChI=1S/C30H52O4/c1-3-5-7-9-10-11-12-13-14-15-16-17-18-19-20-22-24-26-30(33)34-28(27-29(31)32)25-23-21-8-6-4-2/h10-11,13-14,16-17,28H,3-9,12,15,18-27H2,1-2H3,(H,31,32)/b11-10-,14-13-,17-16-. The highest BCUT2D eigenvalue weighted by atomic mass is 16.5. The number of hydrogen-bond donors (Lipinski definition) is 1. The predicted octanol–water partition coefficient (Wildman–Crippen LogP) is 9.10. The molecule has 1 unspecified atom stereocenters. The molecule has 0 bridgehead atoms. The van der Waals surface area contributed by atoms with Crippen LogP contribution < -0.4 is 0 Å². The van der Waals surface area contributed by atoms with Crippen molar-refractivity contribution in [1.82, 2.24) is 0 Å². The summed E-state index contributed by atoms with van der Waals surface area (Å²) in [6.07, 6.45) is 31.7. The van der Waals surface area contributed by atoms with E-state index in [-0.39, 0.29) is 12.4 Å². The summed E-state index contributed by atoms with van der Waals surface area (Å²) in [6.45, 7) is 4.40. The van der Waals surface area contributed by atoms with E-state index >= 15 is 0 Å². The molecule has 0 aromatic heterocycles. The number of allylic oxidation sites excluding steroid dienone is 6. The molecule has 0 rings (SSSR count). The first-order valence-electron chi connectivity index (χ1n) is 14.0. The molecule has 0 radical (unpaired) electrons. The Morgan fingerprint density at radius 3 is 1.79 bits per heavy atom. The summed E-state index contributed by atoms with van der Waals surface area (Å²) in [4.78, 5) is 23.1. The van der Waals surface area contributed by atoms with Gasteiger partial charge in [0, 0.05) is 6.42 Å². The lowest BCUT2D eigenvalue weighted by Gasteiger charge is -2.16. The lowest BCUT2D eigenvalue weighted by Crippen LogP contribution is -2.21. The van der Waals surface area contributed by atoms with Gasteiger partial charge in [-0.15, -0.1) is 0 Å². The number of ether oxygens (including phenoxy) is 1. The summed E-state index contributed by atoms with van der Waals surface area (Å²) >= 11 is 0. The van der Waals surface area contributed by atoms with Crippen LogP contribution in [0.4, 0.5) is 0 Å². The first-order valence-corrected chi connectivity index (χ1v) is 14.0. The SMILES string of the molecule is CCCCC/C=C\C/C=C\C/C=C\CCCCCCC(=O)OC(CCCCCCC)CC(=O)O. The zero-order valence-corrected chi connectivity index (χ0v) is 22.1. The Hall–Kier alpha value is -1.84. The summed E-state index contributed by atoms with van der Waals surface area (Å²) in [5.74, 6) is -1.15. The van der Waals surface area contributed by atoms with Gasteiger partial charge in [0.25, 0.3) is 0 Å². The van der Waals surface area contributed by atoms with Crippen molar-refractivity contribution < 1.29 is 19.4 Å². The van der Waals surface area contributed by atoms with Crippen molar-refractivity contribution >= 4 is 11.9 Å². The molecule has 0 aromatic carbocycles. The fourth-order valence-electron chi connectivity index (χ4n) is 3.79. The van der Waals surface area contributed by atoms with E-state index in [1.54, 1.807) is 0 Å². The van der Waals surface area contributed by atoms with E-state index < -0.39 is 12.1 Å². The van der Waals surface area contributed by atoms with E-state index in [0.29, 0.717) is 12.8 Å². The quantitative estimate of drug-likeness (QED) is 0.0857. The molecule has 0 aliphatic rings. The van der Waals surface area contributed by atoms with Crippen molar-refractivity contribution in [2.45, 2.75) is 142 Å². The molecule has 34 heavy (non-hydrogen) atoms. The minimum Gasteiger partial charge on any atom is -0.481 e. The molecule has 0 saturated carbocycles. The van der Waals surface area contributed by atoms with Gasteiger partial charge in [-0.25, -0.2) is 0 Å². The summed E-state index contributed by atoms with van der Waals surface area (Å²) < 4.78 is 5.46. The van der Waals surface area contributed by atoms with E-state index in [1.165, 1.54) is 38.5 Å². The Bertz CT molecular complexity index is 562. The van der Waals surface area contributed by atoms with Gasteiger partial charge >= 0.3 is 11.9 Å². The van der Waals surface area contributed by atoms with Crippen molar-refractivity contribution in [2.75, 3.05) is 0 Å². The molecule has 0 aliphatic carbocycles. The molecule has 1 atom stereocenters. The fourth-order valence-corrected chi connectivity index (χ4v) is 3.79. The molecule has 4 heteroatoms. The van der Waals surface area contributed by atoms with Crippen molar-refractivity contribution in [1.29, 1.82) is 0 Å². The number of esters is 1. The number of carboxylic acid groups (broad SMARTS) is 1. The third-order valence-corrected chi connectivity index (χ3v) is 5.85. The Balaban J connectivity index is 3.72. The van der Waals surface area contributed by atoms with Crippen LogP contribution in [0.25, 0.3) is 0 Å². The molecule has 4 nitrogen and oxygen atoms in total. The van der Waals surface area contributed by atoms with Crippen LogP contribution in [0, 0.1) is 0 Å². The van der Waals surface area contributed by atoms with Crippen LogP contribution in [0.15, 0.2) is 36.5 Å². The molecule has 0 amide bonds. The Kier molecular flexibility index (Phi) is 24.4. The molecule has 0 aromatic rings. The lowest BCUT2D eigenvalue weighted by atomic mass is 10.1. The second-order valence-corrected chi connectivity index (χ2v) is 9.25. The molecule has 0 aliphatic heterocycles. The topological polar surface area (TPSA) is 63.6 Å². The number of aliphatic carboxylic acids is 1. The highest BCUT2D eigenvalue weighted by Crippen LogP contribution is 2.14. The van der Waals surface area contributed by atoms with Gasteiger partial charge in [-0.1, -0.05) is 102 Å². The molecule has 0 fully saturated rings. The van der Waals surface area contributed by atoms with Crippen LogP contribution in [0.5, 0.6) is 0 Å². The fraction of sp³-hybridized carbons (Fsp3) is 0.733. The predicted molar refractivity (Wildman–Crippen MR) is 144 cm³/mol. The maximum Gasteiger partial charge on any atom is 0.307 e. The number of unbranched alkanes of at least 4 members (excludes halogenated alkanes) is 11. The third kappa shape index (κ3) is 24.8. The first kappa shape index (κ1) is 32.2. The van der Waals surface area contributed by atoms with Gasteiger partial charge < -0.3 is 9.84 Å². The van der Waals surface area contributed by atoms with Crippen molar-refractivity contribution in [3.8, 4) is 0 Å².